The lowest BCUT2D eigenvalue weighted by molar-refractivity contribution is 0.544. The molecule has 0 aliphatic heterocycles. The van der Waals surface area contributed by atoms with Gasteiger partial charge in [-0.05, 0) is 49.2 Å². The summed E-state index contributed by atoms with van der Waals surface area (Å²) in [7, 11) is -3.61. The molecule has 0 aliphatic carbocycles. The Kier molecular flexibility index (Phi) is 6.05. The third-order valence-corrected chi connectivity index (χ3v) is 7.06. The number of hydrogen-bond donors (Lipinski definition) is 1. The zero-order valence-electron chi connectivity index (χ0n) is 15.1. The second-order valence-corrected chi connectivity index (χ2v) is 9.66. The molecule has 144 valence electrons. The molecule has 0 amide bonds. The highest BCUT2D eigenvalue weighted by Gasteiger charge is 2.19. The molecule has 0 bridgehead atoms. The van der Waals surface area contributed by atoms with Crippen LogP contribution in [0.2, 0.25) is 5.02 Å². The molecular weight excluding hydrogens is 404 g/mol. The number of sulfonamides is 1. The zero-order valence-corrected chi connectivity index (χ0v) is 17.5. The van der Waals surface area contributed by atoms with Crippen LogP contribution >= 0.6 is 22.9 Å². The average molecular weight is 425 g/mol. The van der Waals surface area contributed by atoms with E-state index in [2.05, 4.69) is 4.72 Å². The van der Waals surface area contributed by atoms with Crippen molar-refractivity contribution < 1.29 is 8.42 Å². The summed E-state index contributed by atoms with van der Waals surface area (Å²) in [5.74, 6) is 0. The van der Waals surface area contributed by atoms with Gasteiger partial charge in [0.15, 0.2) is 0 Å². The number of benzene rings is 2. The lowest BCUT2D eigenvalue weighted by Gasteiger charge is -2.13. The van der Waals surface area contributed by atoms with E-state index in [-0.39, 0.29) is 15.8 Å². The smallest absolute Gasteiger partial charge is 0.294 e. The highest BCUT2D eigenvalue weighted by Crippen LogP contribution is 2.23. The van der Waals surface area contributed by atoms with Crippen LogP contribution < -0.4 is 9.60 Å². The first-order valence-electron chi connectivity index (χ1n) is 8.70. The molecule has 1 unspecified atom stereocenters. The van der Waals surface area contributed by atoms with Crippen LogP contribution in [-0.4, -0.2) is 19.0 Å². The van der Waals surface area contributed by atoms with Crippen molar-refractivity contribution in [3.63, 3.8) is 0 Å². The molecule has 0 fully saturated rings. The fraction of sp³-hybridized carbons (Fsp3) is 0.316. The molecule has 1 aromatic heterocycles. The number of nitrogens with zero attached hydrogens (tertiary/aromatic N) is 1. The van der Waals surface area contributed by atoms with Crippen LogP contribution in [0.4, 0.5) is 0 Å². The van der Waals surface area contributed by atoms with Gasteiger partial charge in [0.05, 0.1) is 21.7 Å². The summed E-state index contributed by atoms with van der Waals surface area (Å²) in [5, 5.41) is 0.640. The summed E-state index contributed by atoms with van der Waals surface area (Å²) in [6.45, 7) is 4.27. The van der Waals surface area contributed by atoms with Gasteiger partial charge in [0.1, 0.15) is 0 Å². The van der Waals surface area contributed by atoms with Gasteiger partial charge in [-0.3, -0.25) is 9.36 Å². The molecule has 0 saturated carbocycles. The van der Waals surface area contributed by atoms with Crippen LogP contribution in [0.25, 0.3) is 10.2 Å². The van der Waals surface area contributed by atoms with Crippen molar-refractivity contribution in [2.45, 2.75) is 44.2 Å². The summed E-state index contributed by atoms with van der Waals surface area (Å²) < 4.78 is 30.1. The molecule has 8 heteroatoms. The number of halogens is 1. The molecule has 5 nitrogen and oxygen atoms in total. The fourth-order valence-electron chi connectivity index (χ4n) is 2.96. The van der Waals surface area contributed by atoms with E-state index in [0.717, 1.165) is 35.3 Å². The molecule has 0 spiro atoms. The van der Waals surface area contributed by atoms with Gasteiger partial charge in [0, 0.05) is 11.1 Å². The minimum atomic E-state index is -3.61. The predicted molar refractivity (Wildman–Crippen MR) is 111 cm³/mol. The molecule has 2 aromatic carbocycles. The van der Waals surface area contributed by atoms with Crippen LogP contribution in [0.5, 0.6) is 0 Å². The first-order chi connectivity index (χ1) is 12.8. The first-order valence-corrected chi connectivity index (χ1v) is 11.4. The van der Waals surface area contributed by atoms with Gasteiger partial charge in [-0.15, -0.1) is 0 Å². The normalized spacial score (nSPS) is 13.1. The average Bonchev–Trinajstić information content (AvgIpc) is 2.91. The van der Waals surface area contributed by atoms with E-state index in [4.69, 9.17) is 11.6 Å². The van der Waals surface area contributed by atoms with Crippen molar-refractivity contribution in [2.75, 3.05) is 0 Å². The number of rotatable bonds is 7. The van der Waals surface area contributed by atoms with Crippen LogP contribution in [-0.2, 0) is 16.6 Å². The number of aromatic nitrogens is 1. The Morgan fingerprint density at radius 3 is 2.56 bits per heavy atom. The molecule has 0 saturated heterocycles. The van der Waals surface area contributed by atoms with Crippen molar-refractivity contribution in [3.8, 4) is 0 Å². The second kappa shape index (κ2) is 8.14. The monoisotopic (exact) mass is 424 g/mol. The van der Waals surface area contributed by atoms with Crippen molar-refractivity contribution in [2.24, 2.45) is 0 Å². The zero-order chi connectivity index (χ0) is 19.6. The highest BCUT2D eigenvalue weighted by atomic mass is 35.5. The minimum absolute atomic E-state index is 0.123. The van der Waals surface area contributed by atoms with Crippen molar-refractivity contribution in [3.05, 3.63) is 62.7 Å². The quantitative estimate of drug-likeness (QED) is 0.617. The molecule has 1 heterocycles. The van der Waals surface area contributed by atoms with Gasteiger partial charge in [-0.25, -0.2) is 13.1 Å². The molecule has 0 aliphatic rings. The van der Waals surface area contributed by atoms with Gasteiger partial charge >= 0.3 is 4.87 Å². The summed E-state index contributed by atoms with van der Waals surface area (Å²) >= 11 is 6.96. The maximum Gasteiger partial charge on any atom is 0.308 e. The minimum Gasteiger partial charge on any atom is -0.294 e. The van der Waals surface area contributed by atoms with Crippen LogP contribution in [0, 0.1) is 0 Å². The summed E-state index contributed by atoms with van der Waals surface area (Å²) in [6, 6.07) is 12.0. The number of fused-ring (bicyclic) bond motifs is 1. The van der Waals surface area contributed by atoms with Crippen molar-refractivity contribution in [1.29, 1.82) is 0 Å². The van der Waals surface area contributed by atoms with Crippen LogP contribution in [0.15, 0.2) is 52.2 Å². The summed E-state index contributed by atoms with van der Waals surface area (Å²) in [6.07, 6.45) is 1.67. The molecule has 3 aromatic rings. The maximum atomic E-state index is 12.6. The predicted octanol–water partition coefficient (Wildman–Crippen LogP) is 4.23. The van der Waals surface area contributed by atoms with E-state index in [0.29, 0.717) is 16.3 Å². The van der Waals surface area contributed by atoms with Crippen LogP contribution in [0.1, 0.15) is 32.3 Å². The van der Waals surface area contributed by atoms with Crippen LogP contribution in [0.3, 0.4) is 0 Å². The Morgan fingerprint density at radius 2 is 1.89 bits per heavy atom. The third kappa shape index (κ3) is 4.60. The lowest BCUT2D eigenvalue weighted by atomic mass is 10.2. The third-order valence-electron chi connectivity index (χ3n) is 4.28. The second-order valence-electron chi connectivity index (χ2n) is 6.52. The maximum absolute atomic E-state index is 12.6. The van der Waals surface area contributed by atoms with E-state index < -0.39 is 10.0 Å². The molecule has 1 N–H and O–H groups in total. The summed E-state index contributed by atoms with van der Waals surface area (Å²) in [4.78, 5) is 12.5. The van der Waals surface area contributed by atoms with E-state index in [1.54, 1.807) is 34.9 Å². The Bertz CT molecular complexity index is 1100. The Labute approximate surface area is 167 Å². The Hall–Kier alpha value is -1.67. The SMILES string of the molecule is CCCC(C)NS(=O)(=O)c1ccc2c(c1)sc(=O)n2Cc1ccc(Cl)cc1. The standard InChI is InChI=1S/C19H21ClN2O3S2/c1-3-4-13(2)21-27(24,25)16-9-10-17-18(11-16)26-19(23)22(17)12-14-5-7-15(20)8-6-14/h5-11,13,21H,3-4,12H2,1-2H3. The first kappa shape index (κ1) is 20.1. The highest BCUT2D eigenvalue weighted by molar-refractivity contribution is 7.89. The molecule has 3 rings (SSSR count). The van der Waals surface area contributed by atoms with E-state index in [9.17, 15) is 13.2 Å². The van der Waals surface area contributed by atoms with E-state index >= 15 is 0 Å². The van der Waals surface area contributed by atoms with Crippen molar-refractivity contribution in [1.82, 2.24) is 9.29 Å². The van der Waals surface area contributed by atoms with Gasteiger partial charge in [-0.2, -0.15) is 0 Å². The van der Waals surface area contributed by atoms with Gasteiger partial charge in [0.25, 0.3) is 0 Å². The Balaban J connectivity index is 1.93. The number of hydrogen-bond acceptors (Lipinski definition) is 4. The fourth-order valence-corrected chi connectivity index (χ4v) is 5.40. The van der Waals surface area contributed by atoms with Gasteiger partial charge < -0.3 is 0 Å². The van der Waals surface area contributed by atoms with E-state index in [1.165, 1.54) is 0 Å². The Morgan fingerprint density at radius 1 is 1.19 bits per heavy atom. The lowest BCUT2D eigenvalue weighted by Crippen LogP contribution is -2.32. The summed E-state index contributed by atoms with van der Waals surface area (Å²) in [5.41, 5.74) is 1.67. The van der Waals surface area contributed by atoms with E-state index in [1.807, 2.05) is 26.0 Å². The molecular formula is C19H21ClN2O3S2. The van der Waals surface area contributed by atoms with Gasteiger partial charge in [0.2, 0.25) is 10.0 Å². The molecule has 0 radical (unpaired) electrons. The number of nitrogens with one attached hydrogen (secondary N) is 1. The van der Waals surface area contributed by atoms with Gasteiger partial charge in [-0.1, -0.05) is 48.4 Å². The molecule has 27 heavy (non-hydrogen) atoms. The largest absolute Gasteiger partial charge is 0.308 e. The van der Waals surface area contributed by atoms with Crippen molar-refractivity contribution >= 4 is 43.2 Å². The number of thiazole rings is 1. The topological polar surface area (TPSA) is 68.2 Å². The molecule has 1 atom stereocenters.